The van der Waals surface area contributed by atoms with Crippen LogP contribution in [0.1, 0.15) is 59.1 Å². The summed E-state index contributed by atoms with van der Waals surface area (Å²) < 4.78 is 3.30. The van der Waals surface area contributed by atoms with E-state index >= 15 is 0 Å². The van der Waals surface area contributed by atoms with E-state index in [-0.39, 0.29) is 5.91 Å². The number of anilines is 1. The summed E-state index contributed by atoms with van der Waals surface area (Å²) in [6, 6.07) is 18.5. The first-order valence-corrected chi connectivity index (χ1v) is 14.7. The Hall–Kier alpha value is -3.67. The zero-order chi connectivity index (χ0) is 27.0. The van der Waals surface area contributed by atoms with Crippen LogP contribution in [0.4, 0.5) is 5.69 Å². The van der Waals surface area contributed by atoms with Crippen molar-refractivity contribution in [3.8, 4) is 6.07 Å². The van der Waals surface area contributed by atoms with Crippen LogP contribution in [0, 0.1) is 11.3 Å². The van der Waals surface area contributed by atoms with Crippen molar-refractivity contribution >= 4 is 33.0 Å². The summed E-state index contributed by atoms with van der Waals surface area (Å²) in [6.07, 6.45) is 8.56. The molecule has 39 heavy (non-hydrogen) atoms. The number of amides is 1. The standard InChI is InChI=1S/C31H36N6OS/c1-2-3-15-36(22-28-20-33-23-37(28)21-25-8-6-24(19-32)7-9-25)27-10-11-29-26(17-27)18-30(39-29)31(38)34-12-16-35-13-4-5-14-35/h6-11,17-18,20,23H,2-5,12-16,21-22H2,1H3,(H,34,38). The van der Waals surface area contributed by atoms with Crippen LogP contribution in [-0.4, -0.2) is 53.1 Å². The van der Waals surface area contributed by atoms with Crippen LogP contribution in [0.5, 0.6) is 0 Å². The van der Waals surface area contributed by atoms with E-state index in [1.807, 2.05) is 42.9 Å². The summed E-state index contributed by atoms with van der Waals surface area (Å²) in [4.78, 5) is 22.9. The molecule has 7 nitrogen and oxygen atoms in total. The molecule has 0 aliphatic carbocycles. The molecule has 0 saturated carbocycles. The number of thiophene rings is 1. The smallest absolute Gasteiger partial charge is 0.261 e. The number of hydrogen-bond acceptors (Lipinski definition) is 6. The Morgan fingerprint density at radius 2 is 1.97 bits per heavy atom. The molecule has 1 N–H and O–H groups in total. The van der Waals surface area contributed by atoms with Crippen LogP contribution in [0.15, 0.2) is 61.1 Å². The highest BCUT2D eigenvalue weighted by Gasteiger charge is 2.16. The second-order valence-corrected chi connectivity index (χ2v) is 11.3. The Bertz CT molecular complexity index is 1430. The van der Waals surface area contributed by atoms with E-state index in [0.29, 0.717) is 18.7 Å². The van der Waals surface area contributed by atoms with Crippen molar-refractivity contribution in [1.82, 2.24) is 19.8 Å². The summed E-state index contributed by atoms with van der Waals surface area (Å²) in [5.41, 5.74) is 4.10. The molecular formula is C31H36N6OS. The average molecular weight is 541 g/mol. The maximum Gasteiger partial charge on any atom is 0.261 e. The van der Waals surface area contributed by atoms with Gasteiger partial charge in [0.15, 0.2) is 0 Å². The molecular weight excluding hydrogens is 504 g/mol. The second-order valence-electron chi connectivity index (χ2n) is 10.2. The van der Waals surface area contributed by atoms with Gasteiger partial charge in [-0.1, -0.05) is 25.5 Å². The minimum atomic E-state index is 0.0199. The molecule has 0 spiro atoms. The van der Waals surface area contributed by atoms with E-state index in [2.05, 4.69) is 55.9 Å². The van der Waals surface area contributed by atoms with Crippen molar-refractivity contribution in [1.29, 1.82) is 5.26 Å². The van der Waals surface area contributed by atoms with E-state index in [9.17, 15) is 4.79 Å². The number of fused-ring (bicyclic) bond motifs is 1. The van der Waals surface area contributed by atoms with Crippen LogP contribution in [0.3, 0.4) is 0 Å². The van der Waals surface area contributed by atoms with Crippen molar-refractivity contribution in [2.24, 2.45) is 0 Å². The van der Waals surface area contributed by atoms with Crippen LogP contribution >= 0.6 is 11.3 Å². The molecule has 1 amide bonds. The number of carbonyl (C=O) groups is 1. The van der Waals surface area contributed by atoms with Gasteiger partial charge in [-0.05, 0) is 79.7 Å². The Balaban J connectivity index is 1.28. The normalized spacial score (nSPS) is 13.5. The maximum atomic E-state index is 12.8. The fourth-order valence-electron chi connectivity index (χ4n) is 5.11. The molecule has 5 rings (SSSR count). The Labute approximate surface area is 234 Å². The van der Waals surface area contributed by atoms with Crippen LogP contribution in [0.25, 0.3) is 10.1 Å². The summed E-state index contributed by atoms with van der Waals surface area (Å²) in [6.45, 7) is 8.52. The molecule has 1 aliphatic heterocycles. The van der Waals surface area contributed by atoms with Gasteiger partial charge in [0.2, 0.25) is 0 Å². The SMILES string of the molecule is CCCCN(Cc1cncn1Cc1ccc(C#N)cc1)c1ccc2sc(C(=O)NCCN3CCCC3)cc2c1. The zero-order valence-corrected chi connectivity index (χ0v) is 23.4. The largest absolute Gasteiger partial charge is 0.366 e. The van der Waals surface area contributed by atoms with Gasteiger partial charge < -0.3 is 19.7 Å². The summed E-state index contributed by atoms with van der Waals surface area (Å²) >= 11 is 1.56. The molecule has 3 heterocycles. The molecule has 4 aromatic rings. The first-order chi connectivity index (χ1) is 19.1. The summed E-state index contributed by atoms with van der Waals surface area (Å²) in [5, 5.41) is 13.3. The number of unbranched alkanes of at least 4 members (excludes halogenated alkanes) is 1. The number of imidazole rings is 1. The molecule has 0 unspecified atom stereocenters. The third kappa shape index (κ3) is 6.86. The first-order valence-electron chi connectivity index (χ1n) is 13.9. The van der Waals surface area contributed by atoms with Gasteiger partial charge in [0.25, 0.3) is 5.91 Å². The number of nitrogens with one attached hydrogen (secondary N) is 1. The van der Waals surface area contributed by atoms with Gasteiger partial charge >= 0.3 is 0 Å². The second kappa shape index (κ2) is 12.9. The average Bonchev–Trinajstić information content (AvgIpc) is 3.72. The third-order valence-corrected chi connectivity index (χ3v) is 8.48. The molecule has 2 aromatic heterocycles. The fraction of sp³-hybridized carbons (Fsp3) is 0.387. The Morgan fingerprint density at radius 3 is 2.74 bits per heavy atom. The first kappa shape index (κ1) is 26.9. The zero-order valence-electron chi connectivity index (χ0n) is 22.6. The number of likely N-dealkylation sites (tertiary alicyclic amines) is 1. The number of carbonyl (C=O) groups excluding carboxylic acids is 1. The fourth-order valence-corrected chi connectivity index (χ4v) is 6.07. The van der Waals surface area contributed by atoms with Gasteiger partial charge in [0.05, 0.1) is 35.1 Å². The van der Waals surface area contributed by atoms with Gasteiger partial charge in [0.1, 0.15) is 0 Å². The molecule has 8 heteroatoms. The van der Waals surface area contributed by atoms with Crippen LogP contribution < -0.4 is 10.2 Å². The van der Waals surface area contributed by atoms with E-state index in [1.165, 1.54) is 12.8 Å². The minimum absolute atomic E-state index is 0.0199. The quantitative estimate of drug-likeness (QED) is 0.251. The Morgan fingerprint density at radius 1 is 1.15 bits per heavy atom. The van der Waals surface area contributed by atoms with Crippen LogP contribution in [0.2, 0.25) is 0 Å². The molecule has 0 radical (unpaired) electrons. The van der Waals surface area contributed by atoms with Gasteiger partial charge in [-0.3, -0.25) is 4.79 Å². The lowest BCUT2D eigenvalue weighted by Crippen LogP contribution is -2.33. The van der Waals surface area contributed by atoms with Crippen molar-refractivity contribution in [3.05, 3.63) is 82.8 Å². The number of rotatable bonds is 12. The molecule has 1 aliphatic rings. The van der Waals surface area contributed by atoms with Crippen molar-refractivity contribution < 1.29 is 4.79 Å². The number of nitriles is 1. The summed E-state index contributed by atoms with van der Waals surface area (Å²) in [7, 11) is 0. The predicted molar refractivity (Wildman–Crippen MR) is 158 cm³/mol. The topological polar surface area (TPSA) is 77.2 Å². The number of hydrogen-bond donors (Lipinski definition) is 1. The molecule has 1 saturated heterocycles. The predicted octanol–water partition coefficient (Wildman–Crippen LogP) is 5.65. The number of benzene rings is 2. The lowest BCUT2D eigenvalue weighted by molar-refractivity contribution is 0.0954. The minimum Gasteiger partial charge on any atom is -0.366 e. The number of aromatic nitrogens is 2. The van der Waals surface area contributed by atoms with Gasteiger partial charge in [0, 0.05) is 42.8 Å². The van der Waals surface area contributed by atoms with Gasteiger partial charge in [-0.25, -0.2) is 4.98 Å². The van der Waals surface area contributed by atoms with E-state index < -0.39 is 0 Å². The summed E-state index contributed by atoms with van der Waals surface area (Å²) in [5.74, 6) is 0.0199. The molecule has 1 fully saturated rings. The van der Waals surface area contributed by atoms with Crippen molar-refractivity contribution in [2.75, 3.05) is 37.6 Å². The lowest BCUT2D eigenvalue weighted by atomic mass is 10.1. The van der Waals surface area contributed by atoms with Gasteiger partial charge in [-0.15, -0.1) is 11.3 Å². The highest BCUT2D eigenvalue weighted by Crippen LogP contribution is 2.30. The Kier molecular flexibility index (Phi) is 8.92. The van der Waals surface area contributed by atoms with Crippen molar-refractivity contribution in [2.45, 2.75) is 45.7 Å². The van der Waals surface area contributed by atoms with Crippen molar-refractivity contribution in [3.63, 3.8) is 0 Å². The third-order valence-electron chi connectivity index (χ3n) is 7.37. The maximum absolute atomic E-state index is 12.8. The van der Waals surface area contributed by atoms with E-state index in [1.54, 1.807) is 11.3 Å². The number of nitrogens with zero attached hydrogens (tertiary/aromatic N) is 5. The monoisotopic (exact) mass is 540 g/mol. The highest BCUT2D eigenvalue weighted by atomic mass is 32.1. The van der Waals surface area contributed by atoms with E-state index in [4.69, 9.17) is 5.26 Å². The lowest BCUT2D eigenvalue weighted by Gasteiger charge is -2.25. The van der Waals surface area contributed by atoms with Crippen LogP contribution in [-0.2, 0) is 13.1 Å². The molecule has 0 atom stereocenters. The molecule has 2 aromatic carbocycles. The van der Waals surface area contributed by atoms with E-state index in [0.717, 1.165) is 77.5 Å². The molecule has 202 valence electrons. The molecule has 0 bridgehead atoms. The highest BCUT2D eigenvalue weighted by molar-refractivity contribution is 7.20. The van der Waals surface area contributed by atoms with Gasteiger partial charge in [-0.2, -0.15) is 5.26 Å².